The summed E-state index contributed by atoms with van der Waals surface area (Å²) in [5, 5.41) is 3.58. The maximum absolute atomic E-state index is 13.3. The molecule has 0 saturated heterocycles. The molecule has 0 aliphatic carbocycles. The normalized spacial score (nSPS) is 18.5. The third kappa shape index (κ3) is 3.79. The highest BCUT2D eigenvalue weighted by Crippen LogP contribution is 2.34. The van der Waals surface area contributed by atoms with Crippen LogP contribution in [0.5, 0.6) is 5.75 Å². The van der Waals surface area contributed by atoms with Gasteiger partial charge < -0.3 is 10.1 Å². The minimum absolute atomic E-state index is 0.299. The van der Waals surface area contributed by atoms with Gasteiger partial charge >= 0.3 is 0 Å². The lowest BCUT2D eigenvalue weighted by atomic mass is 9.99. The zero-order chi connectivity index (χ0) is 21.3. The largest absolute Gasteiger partial charge is 0.493 e. The molecule has 1 N–H and O–H groups in total. The number of imide groups is 1. The molecule has 2 unspecified atom stereocenters. The molecule has 2 heterocycles. The van der Waals surface area contributed by atoms with E-state index in [-0.39, 0.29) is 11.9 Å². The molecule has 3 amide bonds. The predicted octanol–water partition coefficient (Wildman–Crippen LogP) is 3.70. The van der Waals surface area contributed by atoms with Crippen LogP contribution < -0.4 is 10.1 Å². The molecular weight excluding hydrogens is 424 g/mol. The first-order valence-electron chi connectivity index (χ1n) is 9.69. The second-order valence-electron chi connectivity index (χ2n) is 7.20. The summed E-state index contributed by atoms with van der Waals surface area (Å²) in [6, 6.07) is 10.8. The second-order valence-corrected chi connectivity index (χ2v) is 8.63. The fourth-order valence-corrected chi connectivity index (χ4v) is 4.52. The van der Waals surface area contributed by atoms with Gasteiger partial charge in [-0.2, -0.15) is 11.8 Å². The van der Waals surface area contributed by atoms with Crippen molar-refractivity contribution in [3.63, 3.8) is 0 Å². The standard InChI is InChI=1S/C22H21ClN2O4S/c1-30-11-9-18(25-21(27)14-4-2-3-5-15(14)22(25)28)20(26)24-17-8-10-29-19-7-6-13(23)12-16(17)19/h2-7,12,17-18H,8-11H2,1H3,(H,24,26). The molecule has 6 nitrogen and oxygen atoms in total. The number of halogens is 1. The summed E-state index contributed by atoms with van der Waals surface area (Å²) in [6.45, 7) is 0.460. The zero-order valence-electron chi connectivity index (χ0n) is 16.4. The van der Waals surface area contributed by atoms with E-state index in [1.807, 2.05) is 6.26 Å². The molecule has 4 rings (SSSR count). The molecule has 0 bridgehead atoms. The number of thioether (sulfide) groups is 1. The van der Waals surface area contributed by atoms with Crippen molar-refractivity contribution < 1.29 is 19.1 Å². The molecule has 2 aromatic rings. The van der Waals surface area contributed by atoms with Gasteiger partial charge in [-0.15, -0.1) is 0 Å². The van der Waals surface area contributed by atoms with E-state index in [0.717, 1.165) is 10.5 Å². The highest BCUT2D eigenvalue weighted by atomic mass is 35.5. The number of carbonyl (C=O) groups excluding carboxylic acids is 3. The lowest BCUT2D eigenvalue weighted by Crippen LogP contribution is -2.51. The first-order valence-corrected chi connectivity index (χ1v) is 11.5. The van der Waals surface area contributed by atoms with Crippen LogP contribution in [0.25, 0.3) is 0 Å². The molecule has 2 aromatic carbocycles. The molecule has 0 fully saturated rings. The minimum Gasteiger partial charge on any atom is -0.493 e. The van der Waals surface area contributed by atoms with Crippen molar-refractivity contribution in [3.8, 4) is 5.75 Å². The molecule has 2 aliphatic heterocycles. The molecule has 156 valence electrons. The Balaban J connectivity index is 1.60. The first kappa shape index (κ1) is 20.8. The molecule has 2 atom stereocenters. The lowest BCUT2D eigenvalue weighted by molar-refractivity contribution is -0.126. The Kier molecular flexibility index (Phi) is 6.01. The van der Waals surface area contributed by atoms with Crippen LogP contribution in [-0.2, 0) is 4.79 Å². The lowest BCUT2D eigenvalue weighted by Gasteiger charge is -2.30. The fraction of sp³-hybridized carbons (Fsp3) is 0.318. The molecule has 0 spiro atoms. The molecule has 0 aromatic heterocycles. The van der Waals surface area contributed by atoms with Gasteiger partial charge in [0.2, 0.25) is 5.91 Å². The van der Waals surface area contributed by atoms with E-state index in [4.69, 9.17) is 16.3 Å². The van der Waals surface area contributed by atoms with Gasteiger partial charge in [0.05, 0.1) is 23.8 Å². The van der Waals surface area contributed by atoms with Crippen LogP contribution >= 0.6 is 23.4 Å². The van der Waals surface area contributed by atoms with Crippen LogP contribution in [0.4, 0.5) is 0 Å². The summed E-state index contributed by atoms with van der Waals surface area (Å²) in [6.07, 6.45) is 2.88. The van der Waals surface area contributed by atoms with E-state index in [1.54, 1.807) is 54.2 Å². The third-order valence-corrected chi connectivity index (χ3v) is 6.24. The summed E-state index contributed by atoms with van der Waals surface area (Å²) in [7, 11) is 0. The number of hydrogen-bond donors (Lipinski definition) is 1. The number of amides is 3. The van der Waals surface area contributed by atoms with E-state index in [2.05, 4.69) is 5.32 Å². The van der Waals surface area contributed by atoms with Crippen molar-refractivity contribution in [2.75, 3.05) is 18.6 Å². The number of rotatable bonds is 6. The Morgan fingerprint density at radius 2 is 1.93 bits per heavy atom. The van der Waals surface area contributed by atoms with Crippen LogP contribution in [0.2, 0.25) is 5.02 Å². The van der Waals surface area contributed by atoms with Crippen LogP contribution in [0.15, 0.2) is 42.5 Å². The molecular formula is C22H21ClN2O4S. The maximum atomic E-state index is 13.3. The Bertz CT molecular complexity index is 977. The Morgan fingerprint density at radius 3 is 2.60 bits per heavy atom. The maximum Gasteiger partial charge on any atom is 0.262 e. The van der Waals surface area contributed by atoms with Crippen LogP contribution in [-0.4, -0.2) is 47.3 Å². The van der Waals surface area contributed by atoms with E-state index in [1.165, 1.54) is 0 Å². The highest BCUT2D eigenvalue weighted by molar-refractivity contribution is 7.98. The van der Waals surface area contributed by atoms with E-state index < -0.39 is 17.9 Å². The van der Waals surface area contributed by atoms with Gasteiger partial charge in [0.25, 0.3) is 11.8 Å². The first-order chi connectivity index (χ1) is 14.5. The zero-order valence-corrected chi connectivity index (χ0v) is 18.0. The van der Waals surface area contributed by atoms with Crippen molar-refractivity contribution in [2.24, 2.45) is 0 Å². The molecule has 30 heavy (non-hydrogen) atoms. The summed E-state index contributed by atoms with van der Waals surface area (Å²) in [5.41, 5.74) is 1.48. The van der Waals surface area contributed by atoms with E-state index in [0.29, 0.717) is 47.1 Å². The minimum atomic E-state index is -0.879. The summed E-state index contributed by atoms with van der Waals surface area (Å²) < 4.78 is 5.66. The van der Waals surface area contributed by atoms with Gasteiger partial charge in [-0.1, -0.05) is 23.7 Å². The van der Waals surface area contributed by atoms with Gasteiger partial charge in [-0.3, -0.25) is 19.3 Å². The third-order valence-electron chi connectivity index (χ3n) is 5.36. The number of carbonyl (C=O) groups is 3. The Morgan fingerprint density at radius 1 is 1.23 bits per heavy atom. The number of hydrogen-bond acceptors (Lipinski definition) is 5. The predicted molar refractivity (Wildman–Crippen MR) is 116 cm³/mol. The van der Waals surface area contributed by atoms with Gasteiger partial charge in [-0.05, 0) is 48.8 Å². The van der Waals surface area contributed by atoms with Crippen molar-refractivity contribution in [2.45, 2.75) is 24.9 Å². The quantitative estimate of drug-likeness (QED) is 0.687. The number of ether oxygens (including phenoxy) is 1. The molecule has 0 radical (unpaired) electrons. The van der Waals surface area contributed by atoms with Crippen LogP contribution in [0.1, 0.15) is 45.2 Å². The van der Waals surface area contributed by atoms with Gasteiger partial charge in [-0.25, -0.2) is 0 Å². The molecule has 0 saturated carbocycles. The van der Waals surface area contributed by atoms with Gasteiger partial charge in [0.15, 0.2) is 0 Å². The number of nitrogens with one attached hydrogen (secondary N) is 1. The van der Waals surface area contributed by atoms with Crippen molar-refractivity contribution in [1.82, 2.24) is 10.2 Å². The van der Waals surface area contributed by atoms with Crippen molar-refractivity contribution >= 4 is 41.1 Å². The molecule has 2 aliphatic rings. The van der Waals surface area contributed by atoms with Crippen molar-refractivity contribution in [1.29, 1.82) is 0 Å². The van der Waals surface area contributed by atoms with E-state index in [9.17, 15) is 14.4 Å². The SMILES string of the molecule is CSCCC(C(=O)NC1CCOc2ccc(Cl)cc21)N1C(=O)c2ccccc2C1=O. The Hall–Kier alpha value is -2.51. The van der Waals surface area contributed by atoms with Crippen LogP contribution in [0.3, 0.4) is 0 Å². The number of nitrogens with zero attached hydrogens (tertiary/aromatic N) is 1. The topological polar surface area (TPSA) is 75.7 Å². The van der Waals surface area contributed by atoms with E-state index >= 15 is 0 Å². The van der Waals surface area contributed by atoms with Gasteiger partial charge in [0, 0.05) is 17.0 Å². The summed E-state index contributed by atoms with van der Waals surface area (Å²) in [5.74, 6) is 0.120. The second kappa shape index (κ2) is 8.70. The number of fused-ring (bicyclic) bond motifs is 2. The van der Waals surface area contributed by atoms with Crippen molar-refractivity contribution in [3.05, 3.63) is 64.2 Å². The summed E-state index contributed by atoms with van der Waals surface area (Å²) in [4.78, 5) is 40.3. The smallest absolute Gasteiger partial charge is 0.262 e. The fourth-order valence-electron chi connectivity index (χ4n) is 3.88. The van der Waals surface area contributed by atoms with Gasteiger partial charge in [0.1, 0.15) is 11.8 Å². The van der Waals surface area contributed by atoms with Crippen LogP contribution in [0, 0.1) is 0 Å². The molecule has 8 heteroatoms. The number of benzene rings is 2. The average molecular weight is 445 g/mol. The highest BCUT2D eigenvalue weighted by Gasteiger charge is 2.43. The Labute approximate surface area is 183 Å². The average Bonchev–Trinajstić information content (AvgIpc) is 3.00. The monoisotopic (exact) mass is 444 g/mol. The summed E-state index contributed by atoms with van der Waals surface area (Å²) >= 11 is 7.70.